The molecule has 1 rings (SSSR count). The van der Waals surface area contributed by atoms with Crippen LogP contribution in [-0.2, 0) is 6.54 Å². The lowest BCUT2D eigenvalue weighted by molar-refractivity contribution is 0.0952. The second kappa shape index (κ2) is 7.57. The predicted octanol–water partition coefficient (Wildman–Crippen LogP) is 1.76. The van der Waals surface area contributed by atoms with Gasteiger partial charge in [-0.3, -0.25) is 15.1 Å². The van der Waals surface area contributed by atoms with Crippen LogP contribution in [0.5, 0.6) is 0 Å². The third kappa shape index (κ3) is 4.26. The lowest BCUT2D eigenvalue weighted by atomic mass is 10.2. The number of nitrogens with zero attached hydrogens (tertiary/aromatic N) is 1. The quantitative estimate of drug-likeness (QED) is 0.454. The minimum Gasteiger partial charge on any atom is -0.464 e. The summed E-state index contributed by atoms with van der Waals surface area (Å²) in [6, 6.07) is 2.27. The van der Waals surface area contributed by atoms with E-state index in [9.17, 15) is 4.79 Å². The van der Waals surface area contributed by atoms with Crippen LogP contribution in [-0.4, -0.2) is 35.9 Å². The SMILES string of the molecule is CCC(CSC)N(C)Cc1cc(C(=O)NN)c(C)o1. The molecule has 0 saturated carbocycles. The van der Waals surface area contributed by atoms with E-state index >= 15 is 0 Å². The Labute approximate surface area is 118 Å². The molecule has 0 aromatic carbocycles. The second-order valence-electron chi connectivity index (χ2n) is 4.59. The summed E-state index contributed by atoms with van der Waals surface area (Å²) in [5.74, 6) is 7.30. The summed E-state index contributed by atoms with van der Waals surface area (Å²) in [6.07, 6.45) is 3.20. The number of aryl methyl sites for hydroxylation is 1. The first kappa shape index (κ1) is 16.1. The van der Waals surface area contributed by atoms with Gasteiger partial charge in [-0.15, -0.1) is 0 Å². The molecule has 5 nitrogen and oxygen atoms in total. The highest BCUT2D eigenvalue weighted by molar-refractivity contribution is 7.98. The Morgan fingerprint density at radius 1 is 1.63 bits per heavy atom. The van der Waals surface area contributed by atoms with Gasteiger partial charge >= 0.3 is 0 Å². The van der Waals surface area contributed by atoms with E-state index in [1.54, 1.807) is 13.0 Å². The van der Waals surface area contributed by atoms with Crippen LogP contribution < -0.4 is 11.3 Å². The maximum Gasteiger partial charge on any atom is 0.268 e. The lowest BCUT2D eigenvalue weighted by Crippen LogP contribution is -2.32. The standard InChI is InChI=1S/C13H23N3O2S/c1-5-10(8-19-4)16(3)7-11-6-12(9(2)18-11)13(17)15-14/h6,10H,5,7-8,14H2,1-4H3,(H,15,17). The van der Waals surface area contributed by atoms with E-state index in [1.165, 1.54) is 0 Å². The summed E-state index contributed by atoms with van der Waals surface area (Å²) in [6.45, 7) is 4.64. The second-order valence-corrected chi connectivity index (χ2v) is 5.50. The molecule has 0 fully saturated rings. The molecule has 0 aliphatic carbocycles. The molecule has 0 bridgehead atoms. The molecule has 1 unspecified atom stereocenters. The van der Waals surface area contributed by atoms with Gasteiger partial charge in [0.05, 0.1) is 12.1 Å². The molecule has 0 spiro atoms. The molecule has 3 N–H and O–H groups in total. The number of rotatable bonds is 7. The van der Waals surface area contributed by atoms with E-state index < -0.39 is 0 Å². The van der Waals surface area contributed by atoms with Crippen molar-refractivity contribution in [2.75, 3.05) is 19.1 Å². The number of hydrogen-bond acceptors (Lipinski definition) is 5. The first-order valence-electron chi connectivity index (χ1n) is 6.32. The smallest absolute Gasteiger partial charge is 0.268 e. The number of furan rings is 1. The molecule has 1 aromatic rings. The average Bonchev–Trinajstić information content (AvgIpc) is 2.75. The number of carbonyl (C=O) groups is 1. The molecule has 1 amide bonds. The third-order valence-electron chi connectivity index (χ3n) is 3.20. The number of carbonyl (C=O) groups excluding carboxylic acids is 1. The zero-order valence-electron chi connectivity index (χ0n) is 12.0. The number of nitrogen functional groups attached to an aromatic ring is 1. The minimum absolute atomic E-state index is 0.314. The van der Waals surface area contributed by atoms with Gasteiger partial charge in [0.2, 0.25) is 0 Å². The highest BCUT2D eigenvalue weighted by Gasteiger charge is 2.17. The zero-order chi connectivity index (χ0) is 14.4. The van der Waals surface area contributed by atoms with Crippen LogP contribution in [0.25, 0.3) is 0 Å². The fourth-order valence-electron chi connectivity index (χ4n) is 2.05. The molecule has 1 atom stereocenters. The van der Waals surface area contributed by atoms with Gasteiger partial charge in [-0.25, -0.2) is 5.84 Å². The fraction of sp³-hybridized carbons (Fsp3) is 0.615. The van der Waals surface area contributed by atoms with Crippen molar-refractivity contribution in [3.05, 3.63) is 23.2 Å². The molecule has 6 heteroatoms. The molecular weight excluding hydrogens is 262 g/mol. The van der Waals surface area contributed by atoms with Gasteiger partial charge in [0.25, 0.3) is 5.91 Å². The van der Waals surface area contributed by atoms with Crippen LogP contribution >= 0.6 is 11.8 Å². The van der Waals surface area contributed by atoms with E-state index in [4.69, 9.17) is 10.3 Å². The van der Waals surface area contributed by atoms with Crippen LogP contribution in [0.1, 0.15) is 35.2 Å². The van der Waals surface area contributed by atoms with Crippen molar-refractivity contribution in [2.45, 2.75) is 32.9 Å². The van der Waals surface area contributed by atoms with Crippen molar-refractivity contribution < 1.29 is 9.21 Å². The zero-order valence-corrected chi connectivity index (χ0v) is 12.8. The van der Waals surface area contributed by atoms with Crippen LogP contribution in [0.3, 0.4) is 0 Å². The predicted molar refractivity (Wildman–Crippen MR) is 79.0 cm³/mol. The van der Waals surface area contributed by atoms with Crippen molar-refractivity contribution >= 4 is 17.7 Å². The summed E-state index contributed by atoms with van der Waals surface area (Å²) in [5.41, 5.74) is 2.63. The minimum atomic E-state index is -0.314. The van der Waals surface area contributed by atoms with Crippen molar-refractivity contribution in [3.8, 4) is 0 Å². The first-order chi connectivity index (χ1) is 9.03. The van der Waals surface area contributed by atoms with Gasteiger partial charge in [-0.1, -0.05) is 6.92 Å². The third-order valence-corrected chi connectivity index (χ3v) is 3.92. The highest BCUT2D eigenvalue weighted by atomic mass is 32.2. The van der Waals surface area contributed by atoms with Crippen LogP contribution in [0.2, 0.25) is 0 Å². The molecule has 1 heterocycles. The Morgan fingerprint density at radius 3 is 2.84 bits per heavy atom. The largest absolute Gasteiger partial charge is 0.464 e. The van der Waals surface area contributed by atoms with E-state index in [1.807, 2.05) is 11.8 Å². The van der Waals surface area contributed by atoms with Crippen molar-refractivity contribution in [2.24, 2.45) is 5.84 Å². The summed E-state index contributed by atoms with van der Waals surface area (Å²) < 4.78 is 5.62. The fourth-order valence-corrected chi connectivity index (χ4v) is 2.92. The highest BCUT2D eigenvalue weighted by Crippen LogP contribution is 2.18. The Hall–Kier alpha value is -0.980. The van der Waals surface area contributed by atoms with Gasteiger partial charge in [0, 0.05) is 11.8 Å². The van der Waals surface area contributed by atoms with Gasteiger partial charge in [0.1, 0.15) is 11.5 Å². The summed E-state index contributed by atoms with van der Waals surface area (Å²) in [4.78, 5) is 13.8. The molecular formula is C13H23N3O2S. The summed E-state index contributed by atoms with van der Waals surface area (Å²) >= 11 is 1.84. The van der Waals surface area contributed by atoms with Crippen molar-refractivity contribution in [1.29, 1.82) is 0 Å². The molecule has 0 radical (unpaired) electrons. The van der Waals surface area contributed by atoms with E-state index in [0.717, 1.165) is 17.9 Å². The van der Waals surface area contributed by atoms with Gasteiger partial charge in [-0.05, 0) is 32.7 Å². The summed E-state index contributed by atoms with van der Waals surface area (Å²) in [7, 11) is 2.07. The van der Waals surface area contributed by atoms with E-state index in [2.05, 4.69) is 30.6 Å². The monoisotopic (exact) mass is 285 g/mol. The van der Waals surface area contributed by atoms with Crippen molar-refractivity contribution in [1.82, 2.24) is 10.3 Å². The maximum atomic E-state index is 11.5. The maximum absolute atomic E-state index is 11.5. The van der Waals surface area contributed by atoms with Gasteiger partial charge < -0.3 is 4.42 Å². The molecule has 0 aliphatic rings. The normalized spacial score (nSPS) is 12.7. The average molecular weight is 285 g/mol. The molecule has 0 saturated heterocycles. The Kier molecular flexibility index (Phi) is 6.41. The number of amides is 1. The number of nitrogens with two attached hydrogens (primary N) is 1. The van der Waals surface area contributed by atoms with E-state index in [-0.39, 0.29) is 5.91 Å². The Bertz CT molecular complexity index is 420. The van der Waals surface area contributed by atoms with Gasteiger partial charge in [0.15, 0.2) is 0 Å². The van der Waals surface area contributed by atoms with Crippen LogP contribution in [0, 0.1) is 6.92 Å². The first-order valence-corrected chi connectivity index (χ1v) is 7.72. The number of thioether (sulfide) groups is 1. The molecule has 0 aliphatic heterocycles. The number of nitrogens with one attached hydrogen (secondary N) is 1. The van der Waals surface area contributed by atoms with E-state index in [0.29, 0.717) is 23.9 Å². The summed E-state index contributed by atoms with van der Waals surface area (Å²) in [5, 5.41) is 0. The Balaban J connectivity index is 2.74. The molecule has 19 heavy (non-hydrogen) atoms. The number of hydrazine groups is 1. The van der Waals surface area contributed by atoms with Crippen LogP contribution in [0.4, 0.5) is 0 Å². The van der Waals surface area contributed by atoms with Crippen LogP contribution in [0.15, 0.2) is 10.5 Å². The molecule has 108 valence electrons. The molecule has 1 aromatic heterocycles. The van der Waals surface area contributed by atoms with Crippen molar-refractivity contribution in [3.63, 3.8) is 0 Å². The number of hydrogen-bond donors (Lipinski definition) is 2. The lowest BCUT2D eigenvalue weighted by Gasteiger charge is -2.25. The van der Waals surface area contributed by atoms with Gasteiger partial charge in [-0.2, -0.15) is 11.8 Å². The Morgan fingerprint density at radius 2 is 2.32 bits per heavy atom. The topological polar surface area (TPSA) is 71.5 Å².